The standard InChI is InChI=1S/C9H19BO2/c1-2-3-4-5-7-10-11-8-6-9-12-10/h2-9H2,1H3. The summed E-state index contributed by atoms with van der Waals surface area (Å²) in [6.07, 6.45) is 7.35. The lowest BCUT2D eigenvalue weighted by molar-refractivity contribution is 0.133. The van der Waals surface area contributed by atoms with Crippen LogP contribution in [0.25, 0.3) is 0 Å². The van der Waals surface area contributed by atoms with E-state index in [0.717, 1.165) is 26.0 Å². The van der Waals surface area contributed by atoms with Crippen LogP contribution in [0.5, 0.6) is 0 Å². The van der Waals surface area contributed by atoms with E-state index in [0.29, 0.717) is 0 Å². The second-order valence-corrected chi connectivity index (χ2v) is 3.37. The SMILES string of the molecule is CCCCCCB1OCCCO1. The van der Waals surface area contributed by atoms with E-state index in [1.807, 2.05) is 0 Å². The molecule has 0 N–H and O–H groups in total. The minimum Gasteiger partial charge on any atom is -0.411 e. The molecule has 1 aliphatic heterocycles. The molecule has 0 aromatic carbocycles. The van der Waals surface area contributed by atoms with Crippen LogP contribution in [0.2, 0.25) is 6.32 Å². The fraction of sp³-hybridized carbons (Fsp3) is 1.00. The molecule has 0 aromatic heterocycles. The van der Waals surface area contributed by atoms with Gasteiger partial charge in [-0.1, -0.05) is 32.6 Å². The minimum absolute atomic E-state index is 0.107. The fourth-order valence-electron chi connectivity index (χ4n) is 1.44. The van der Waals surface area contributed by atoms with Gasteiger partial charge in [-0.25, -0.2) is 0 Å². The molecule has 1 saturated heterocycles. The summed E-state index contributed by atoms with van der Waals surface area (Å²) < 4.78 is 10.9. The third-order valence-electron chi connectivity index (χ3n) is 2.19. The highest BCUT2D eigenvalue weighted by Crippen LogP contribution is 2.11. The zero-order chi connectivity index (χ0) is 8.65. The fourth-order valence-corrected chi connectivity index (χ4v) is 1.44. The molecule has 1 fully saturated rings. The molecule has 12 heavy (non-hydrogen) atoms. The maximum absolute atomic E-state index is 5.44. The summed E-state index contributed by atoms with van der Waals surface area (Å²) >= 11 is 0. The van der Waals surface area contributed by atoms with Crippen molar-refractivity contribution in [1.82, 2.24) is 0 Å². The Morgan fingerprint density at radius 2 is 1.83 bits per heavy atom. The van der Waals surface area contributed by atoms with Crippen LogP contribution in [0.3, 0.4) is 0 Å². The highest BCUT2D eigenvalue weighted by molar-refractivity contribution is 6.44. The lowest BCUT2D eigenvalue weighted by Crippen LogP contribution is -2.29. The highest BCUT2D eigenvalue weighted by Gasteiger charge is 2.20. The molecule has 1 heterocycles. The molecule has 70 valence electrons. The van der Waals surface area contributed by atoms with Gasteiger partial charge in [-0.3, -0.25) is 0 Å². The monoisotopic (exact) mass is 170 g/mol. The van der Waals surface area contributed by atoms with E-state index in [9.17, 15) is 0 Å². The van der Waals surface area contributed by atoms with Crippen LogP contribution in [0, 0.1) is 0 Å². The van der Waals surface area contributed by atoms with Crippen molar-refractivity contribution in [2.24, 2.45) is 0 Å². The quantitative estimate of drug-likeness (QED) is 0.466. The van der Waals surface area contributed by atoms with Crippen molar-refractivity contribution < 1.29 is 9.31 Å². The van der Waals surface area contributed by atoms with Gasteiger partial charge >= 0.3 is 7.12 Å². The first-order valence-electron chi connectivity index (χ1n) is 5.16. The summed E-state index contributed by atoms with van der Waals surface area (Å²) in [5, 5.41) is 0. The van der Waals surface area contributed by atoms with Crippen LogP contribution in [-0.2, 0) is 9.31 Å². The summed E-state index contributed by atoms with van der Waals surface area (Å²) in [6.45, 7) is 4.00. The van der Waals surface area contributed by atoms with Crippen molar-refractivity contribution in [2.45, 2.75) is 45.3 Å². The topological polar surface area (TPSA) is 18.5 Å². The molecule has 0 radical (unpaired) electrons. The molecule has 0 aromatic rings. The zero-order valence-electron chi connectivity index (χ0n) is 8.05. The maximum atomic E-state index is 5.44. The molecule has 0 aliphatic carbocycles. The van der Waals surface area contributed by atoms with Gasteiger partial charge in [0.15, 0.2) is 0 Å². The van der Waals surface area contributed by atoms with Gasteiger partial charge in [0.1, 0.15) is 0 Å². The molecule has 0 saturated carbocycles. The Hall–Kier alpha value is -0.0151. The van der Waals surface area contributed by atoms with Crippen LogP contribution < -0.4 is 0 Å². The van der Waals surface area contributed by atoms with E-state index in [-0.39, 0.29) is 7.12 Å². The van der Waals surface area contributed by atoms with Crippen LogP contribution in [0.15, 0.2) is 0 Å². The van der Waals surface area contributed by atoms with Crippen molar-refractivity contribution in [1.29, 1.82) is 0 Å². The first kappa shape index (κ1) is 10.1. The smallest absolute Gasteiger partial charge is 0.411 e. The molecule has 1 rings (SSSR count). The summed E-state index contributed by atoms with van der Waals surface area (Å²) in [7, 11) is 0.107. The molecule has 0 bridgehead atoms. The molecule has 2 nitrogen and oxygen atoms in total. The number of hydrogen-bond donors (Lipinski definition) is 0. The summed E-state index contributed by atoms with van der Waals surface area (Å²) in [4.78, 5) is 0. The molecule has 3 heteroatoms. The Morgan fingerprint density at radius 3 is 2.50 bits per heavy atom. The van der Waals surface area contributed by atoms with Crippen molar-refractivity contribution in [3.05, 3.63) is 0 Å². The van der Waals surface area contributed by atoms with Crippen LogP contribution in [0.1, 0.15) is 39.0 Å². The lowest BCUT2D eigenvalue weighted by atomic mass is 9.81. The largest absolute Gasteiger partial charge is 0.456 e. The van der Waals surface area contributed by atoms with Gasteiger partial charge in [0, 0.05) is 13.2 Å². The van der Waals surface area contributed by atoms with Crippen molar-refractivity contribution >= 4 is 7.12 Å². The van der Waals surface area contributed by atoms with Crippen LogP contribution in [0.4, 0.5) is 0 Å². The van der Waals surface area contributed by atoms with Crippen LogP contribution >= 0.6 is 0 Å². The molecule has 0 spiro atoms. The lowest BCUT2D eigenvalue weighted by Gasteiger charge is -2.19. The highest BCUT2D eigenvalue weighted by atomic mass is 16.6. The normalized spacial score (nSPS) is 18.2. The molecule has 0 atom stereocenters. The Balaban J connectivity index is 1.91. The number of hydrogen-bond acceptors (Lipinski definition) is 2. The summed E-state index contributed by atoms with van der Waals surface area (Å²) in [6, 6.07) is 0. The molecular weight excluding hydrogens is 151 g/mol. The van der Waals surface area contributed by atoms with Crippen molar-refractivity contribution in [3.8, 4) is 0 Å². The van der Waals surface area contributed by atoms with E-state index in [1.165, 1.54) is 25.7 Å². The first-order chi connectivity index (χ1) is 5.93. The van der Waals surface area contributed by atoms with Gasteiger partial charge in [-0.15, -0.1) is 0 Å². The Labute approximate surface area is 75.8 Å². The van der Waals surface area contributed by atoms with Gasteiger partial charge < -0.3 is 9.31 Å². The van der Waals surface area contributed by atoms with Gasteiger partial charge in [0.05, 0.1) is 0 Å². The Morgan fingerprint density at radius 1 is 1.08 bits per heavy atom. The third kappa shape index (κ3) is 4.12. The first-order valence-corrected chi connectivity index (χ1v) is 5.16. The average Bonchev–Trinajstić information content (AvgIpc) is 2.14. The van der Waals surface area contributed by atoms with E-state index in [2.05, 4.69) is 6.92 Å². The number of rotatable bonds is 5. The number of unbranched alkanes of at least 4 members (excludes halogenated alkanes) is 3. The van der Waals surface area contributed by atoms with Gasteiger partial charge in [-0.05, 0) is 12.7 Å². The van der Waals surface area contributed by atoms with E-state index < -0.39 is 0 Å². The third-order valence-corrected chi connectivity index (χ3v) is 2.19. The average molecular weight is 170 g/mol. The van der Waals surface area contributed by atoms with Crippen LogP contribution in [-0.4, -0.2) is 20.3 Å². The van der Waals surface area contributed by atoms with Gasteiger partial charge in [0.2, 0.25) is 0 Å². The summed E-state index contributed by atoms with van der Waals surface area (Å²) in [5.41, 5.74) is 0. The Bertz CT molecular complexity index is 103. The second-order valence-electron chi connectivity index (χ2n) is 3.37. The summed E-state index contributed by atoms with van der Waals surface area (Å²) in [5.74, 6) is 0. The molecule has 1 aliphatic rings. The molecule has 0 unspecified atom stereocenters. The molecular formula is C9H19BO2. The Kier molecular flexibility index (Phi) is 5.45. The van der Waals surface area contributed by atoms with Crippen molar-refractivity contribution in [3.63, 3.8) is 0 Å². The van der Waals surface area contributed by atoms with E-state index >= 15 is 0 Å². The van der Waals surface area contributed by atoms with E-state index in [4.69, 9.17) is 9.31 Å². The molecule has 0 amide bonds. The maximum Gasteiger partial charge on any atom is 0.456 e. The van der Waals surface area contributed by atoms with E-state index in [1.54, 1.807) is 0 Å². The predicted molar refractivity (Wildman–Crippen MR) is 51.2 cm³/mol. The van der Waals surface area contributed by atoms with Crippen molar-refractivity contribution in [2.75, 3.05) is 13.2 Å². The van der Waals surface area contributed by atoms with Gasteiger partial charge in [-0.2, -0.15) is 0 Å². The predicted octanol–water partition coefficient (Wildman–Crippen LogP) is 2.49. The zero-order valence-corrected chi connectivity index (χ0v) is 8.05. The second kappa shape index (κ2) is 6.50. The minimum atomic E-state index is 0.107. The van der Waals surface area contributed by atoms with Gasteiger partial charge in [0.25, 0.3) is 0 Å².